The van der Waals surface area contributed by atoms with Gasteiger partial charge in [0.05, 0.1) is 92.7 Å². The highest BCUT2D eigenvalue weighted by Crippen LogP contribution is 2.43. The van der Waals surface area contributed by atoms with Gasteiger partial charge in [-0.05, 0) is 190 Å². The first-order valence-electron chi connectivity index (χ1n) is 47.9. The van der Waals surface area contributed by atoms with Crippen LogP contribution in [0.2, 0.25) is 0 Å². The maximum absolute atomic E-state index is 13.7. The summed E-state index contributed by atoms with van der Waals surface area (Å²) in [6.45, 7) is 9.31. The number of halogens is 2. The molecule has 20 aromatic heterocycles. The first-order valence-corrected chi connectivity index (χ1v) is 51.3. The summed E-state index contributed by atoms with van der Waals surface area (Å²) in [5.41, 5.74) is 29.4. The van der Waals surface area contributed by atoms with Crippen molar-refractivity contribution in [2.45, 2.75) is 78.9 Å². The van der Waals surface area contributed by atoms with E-state index in [9.17, 15) is 18.4 Å². The van der Waals surface area contributed by atoms with E-state index >= 15 is 0 Å². The van der Waals surface area contributed by atoms with Crippen LogP contribution in [0.1, 0.15) is 76.0 Å². The van der Waals surface area contributed by atoms with Gasteiger partial charge in [-0.2, -0.15) is 29.2 Å². The lowest BCUT2D eigenvalue weighted by molar-refractivity contribution is -0.117. The highest BCUT2D eigenvalue weighted by molar-refractivity contribution is 7.14. The molecule has 1 fully saturated rings. The van der Waals surface area contributed by atoms with Crippen LogP contribution in [0, 0.1) is 22.1 Å². The molecule has 0 radical (unpaired) electrons. The third-order valence-electron chi connectivity index (χ3n) is 25.6. The molecule has 5 aromatic carbocycles. The fourth-order valence-corrected chi connectivity index (χ4v) is 21.4. The van der Waals surface area contributed by atoms with E-state index in [2.05, 4.69) is 218 Å². The van der Waals surface area contributed by atoms with E-state index in [0.29, 0.717) is 64.1 Å². The molecule has 36 heteroatoms. The maximum Gasteiger partial charge on any atom is 0.224 e. The van der Waals surface area contributed by atoms with Crippen molar-refractivity contribution >= 4 is 156 Å². The number of rotatable bonds is 25. The standard InChI is InChI=1S/C30H23N7S.C29H27N7S.C27H22FN7OS.C25H18FN7OS/c1-2-5-19(6-3-1)13-31-14-20-11-22(16-32-15-20)21-8-9-25-23(12-21)29(37-36-25)30-34-26-18-33-17-24(28(26)35-30)27-7-4-10-38-27;1-2-5-18(4-1)12-30-13-19-10-21(15-31-14-19)20-7-8-24-22(11-20)28(36-35-24)29-33-25-17-32-16-23(27(25)34-29)26-6-3-9-37-26;1-14(2)7-24(36)31-17-8-16(10-29-11-17)15-3-4-20-18(9-15)26(35-34-20)27-32-21-13-30-12-19(25(21)33-27)22-5-6-23(28)37-22;1-2-22(34)29-15-7-14(9-27-10-15)13-3-4-18-16(8-13)24(33-32-18)25-30-19-12-28-11-17(23(19)31-25)20-5-6-21(26)35-20/h1-12,15-18,31H,13-14H2,(H,34,35)(H,36,37);3,6-11,14-18,30H,1-2,4-5,12-13H2,(H,33,34)(H,35,36);3-6,8-14H,7H2,1-2H3,(H,31,36)(H,32,33)(H,34,35);3-12H,2H2,1H3,(H,29,34)(H,30,31)(H,32,33). The molecule has 724 valence electrons. The van der Waals surface area contributed by atoms with Crippen LogP contribution < -0.4 is 21.3 Å². The lowest BCUT2D eigenvalue weighted by Gasteiger charge is -2.11. The number of carbonyl (C=O) groups is 2. The second kappa shape index (κ2) is 41.5. The molecule has 0 bridgehead atoms. The third kappa shape index (κ3) is 20.2. The van der Waals surface area contributed by atoms with Gasteiger partial charge in [0, 0.05) is 180 Å². The normalized spacial score (nSPS) is 12.2. The monoisotopic (exact) mass is 2010 g/mol. The van der Waals surface area contributed by atoms with Gasteiger partial charge in [0.15, 0.2) is 33.6 Å². The molecule has 1 saturated carbocycles. The smallest absolute Gasteiger partial charge is 0.224 e. The first kappa shape index (κ1) is 93.2. The number of imidazole rings is 4. The van der Waals surface area contributed by atoms with Crippen molar-refractivity contribution in [2.24, 2.45) is 11.8 Å². The first-order chi connectivity index (χ1) is 72.2. The Morgan fingerprint density at radius 1 is 0.354 bits per heavy atom. The Balaban J connectivity index is 0.000000108. The van der Waals surface area contributed by atoms with Crippen LogP contribution in [0.3, 0.4) is 0 Å². The Bertz CT molecular complexity index is 9100. The molecule has 147 heavy (non-hydrogen) atoms. The largest absolute Gasteiger partial charge is 0.335 e. The van der Waals surface area contributed by atoms with Crippen molar-refractivity contribution in [1.29, 1.82) is 0 Å². The van der Waals surface area contributed by atoms with E-state index in [1.54, 1.807) is 91.3 Å². The molecule has 1 aliphatic rings. The summed E-state index contributed by atoms with van der Waals surface area (Å²) in [6.07, 6.45) is 35.0. The Kier molecular flexibility index (Phi) is 26.3. The highest BCUT2D eigenvalue weighted by atomic mass is 32.1. The molecule has 0 atom stereocenters. The molecule has 0 saturated heterocycles. The molecule has 1 aliphatic carbocycles. The van der Waals surface area contributed by atoms with Crippen molar-refractivity contribution in [1.82, 2.24) is 131 Å². The number of carbonyl (C=O) groups excluding carboxylic acids is 2. The number of pyridine rings is 8. The number of hydrogen-bond acceptors (Lipinski definition) is 24. The SMILES string of the molecule is CC(C)CC(=O)Nc1cncc(-c2ccc3[nH]nc(-c4nc5c(-c6ccc(F)s6)cncc5[nH]4)c3c2)c1.CCC(=O)Nc1cncc(-c2ccc3[nH]nc(-c4nc5c(-c6ccc(F)s6)cncc5[nH]4)c3c2)c1.c1ccc(CNCc2cncc(-c3ccc4[nH]nc(-c5nc6c(-c7cccs7)cncc6[nH]5)c4c3)c2)cc1.c1csc(-c2cncc3[nH]c(-c4n[nH]c5ccc(-c6cncc(CNCC7CCCC7)c6)cc45)nc23)c1. The van der Waals surface area contributed by atoms with Crippen molar-refractivity contribution in [2.75, 3.05) is 17.2 Å². The lowest BCUT2D eigenvalue weighted by Crippen LogP contribution is -2.20. The van der Waals surface area contributed by atoms with Gasteiger partial charge >= 0.3 is 0 Å². The summed E-state index contributed by atoms with van der Waals surface area (Å²) in [7, 11) is 0. The van der Waals surface area contributed by atoms with Gasteiger partial charge in [0.2, 0.25) is 11.8 Å². The summed E-state index contributed by atoms with van der Waals surface area (Å²) >= 11 is 5.48. The van der Waals surface area contributed by atoms with Gasteiger partial charge in [-0.1, -0.05) is 100 Å². The van der Waals surface area contributed by atoms with E-state index < -0.39 is 0 Å². The molecule has 0 unspecified atom stereocenters. The molecular formula is C111H90F2N28O2S4. The topological polar surface area (TPSA) is 415 Å². The number of fused-ring (bicyclic) bond motifs is 8. The molecule has 2 amide bonds. The second-order valence-corrected chi connectivity index (χ2v) is 40.1. The number of anilines is 2. The number of H-pyrrole nitrogens is 8. The van der Waals surface area contributed by atoms with Gasteiger partial charge < -0.3 is 41.2 Å². The number of benzene rings is 5. The molecule has 12 N–H and O–H groups in total. The number of aromatic amines is 8. The fourth-order valence-electron chi connectivity index (χ4n) is 18.4. The minimum absolute atomic E-state index is 0.0365. The average Bonchev–Trinajstić information content (AvgIpc) is 1.63. The van der Waals surface area contributed by atoms with E-state index in [0.717, 1.165) is 241 Å². The van der Waals surface area contributed by atoms with Gasteiger partial charge in [0.25, 0.3) is 0 Å². The molecule has 0 aliphatic heterocycles. The van der Waals surface area contributed by atoms with Crippen molar-refractivity contribution < 1.29 is 18.4 Å². The van der Waals surface area contributed by atoms with E-state index in [1.807, 2.05) is 130 Å². The van der Waals surface area contributed by atoms with Crippen LogP contribution >= 0.6 is 45.3 Å². The molecular weight excluding hydrogens is 1920 g/mol. The zero-order valence-electron chi connectivity index (χ0n) is 79.2. The Morgan fingerprint density at radius 3 is 1.08 bits per heavy atom. The molecule has 30 nitrogen and oxygen atoms in total. The van der Waals surface area contributed by atoms with Crippen LogP contribution in [0.15, 0.2) is 286 Å². The predicted octanol–water partition coefficient (Wildman–Crippen LogP) is 25.3. The number of nitrogens with zero attached hydrogens (tertiary/aromatic N) is 16. The van der Waals surface area contributed by atoms with E-state index in [4.69, 9.17) is 19.9 Å². The van der Waals surface area contributed by atoms with Crippen molar-refractivity contribution in [3.8, 4) is 132 Å². The molecule has 20 heterocycles. The van der Waals surface area contributed by atoms with Crippen LogP contribution in [0.25, 0.3) is 220 Å². The van der Waals surface area contributed by atoms with Crippen molar-refractivity contribution in [3.05, 3.63) is 313 Å². The zero-order chi connectivity index (χ0) is 99.4. The van der Waals surface area contributed by atoms with Crippen LogP contribution in [-0.4, -0.2) is 139 Å². The fraction of sp³-hybridized carbons (Fsp3) is 0.135. The van der Waals surface area contributed by atoms with E-state index in [-0.39, 0.29) is 28.0 Å². The quantitative estimate of drug-likeness (QED) is 0.0253. The highest BCUT2D eigenvalue weighted by Gasteiger charge is 2.25. The number of amides is 2. The predicted molar refractivity (Wildman–Crippen MR) is 580 cm³/mol. The second-order valence-electron chi connectivity index (χ2n) is 36.2. The minimum atomic E-state index is -0.258. The maximum atomic E-state index is 13.7. The summed E-state index contributed by atoms with van der Waals surface area (Å²) in [6, 6.07) is 57.8. The number of nitrogens with one attached hydrogen (secondary N) is 12. The zero-order valence-corrected chi connectivity index (χ0v) is 82.5. The van der Waals surface area contributed by atoms with Gasteiger partial charge in [-0.3, -0.25) is 69.9 Å². The Hall–Kier alpha value is -17.4. The molecule has 26 rings (SSSR count). The number of thiophene rings is 4. The number of hydrogen-bond donors (Lipinski definition) is 12. The van der Waals surface area contributed by atoms with Crippen LogP contribution in [0.4, 0.5) is 20.2 Å². The van der Waals surface area contributed by atoms with Crippen LogP contribution in [-0.2, 0) is 29.2 Å². The van der Waals surface area contributed by atoms with Gasteiger partial charge in [-0.25, -0.2) is 19.9 Å². The number of aromatic nitrogens is 24. The van der Waals surface area contributed by atoms with Crippen molar-refractivity contribution in [3.63, 3.8) is 0 Å². The summed E-state index contributed by atoms with van der Waals surface area (Å²) in [5.74, 6) is 3.60. The average molecular weight is 2010 g/mol. The van der Waals surface area contributed by atoms with Gasteiger partial charge in [0.1, 0.15) is 44.8 Å². The molecule has 25 aromatic rings. The summed E-state index contributed by atoms with van der Waals surface area (Å²) < 4.78 is 27.3. The minimum Gasteiger partial charge on any atom is -0.335 e. The molecule has 0 spiro atoms. The van der Waals surface area contributed by atoms with Crippen LogP contribution in [0.5, 0.6) is 0 Å². The van der Waals surface area contributed by atoms with Gasteiger partial charge in [-0.15, -0.1) is 45.3 Å². The van der Waals surface area contributed by atoms with E-state index in [1.165, 1.54) is 48.9 Å². The Morgan fingerprint density at radius 2 is 0.714 bits per heavy atom. The summed E-state index contributed by atoms with van der Waals surface area (Å²) in [5, 5.41) is 51.0. The Labute approximate surface area is 852 Å². The lowest BCUT2D eigenvalue weighted by atomic mass is 10.0. The summed E-state index contributed by atoms with van der Waals surface area (Å²) in [4.78, 5) is 95.9. The third-order valence-corrected chi connectivity index (χ3v) is 29.2.